The van der Waals surface area contributed by atoms with E-state index in [1.54, 1.807) is 11.3 Å². The molecule has 0 atom stereocenters. The highest BCUT2D eigenvalue weighted by Gasteiger charge is 2.20. The van der Waals surface area contributed by atoms with Crippen LogP contribution in [0.5, 0.6) is 0 Å². The van der Waals surface area contributed by atoms with Gasteiger partial charge in [-0.3, -0.25) is 4.79 Å². The predicted molar refractivity (Wildman–Crippen MR) is 61.3 cm³/mol. The molecular formula is C11H12N2OS. The Hall–Kier alpha value is -1.29. The van der Waals surface area contributed by atoms with Crippen molar-refractivity contribution in [1.29, 1.82) is 0 Å². The van der Waals surface area contributed by atoms with Crippen molar-refractivity contribution in [2.45, 2.75) is 12.8 Å². The molecule has 1 aliphatic rings. The SMILES string of the molecule is O=C(c1cc2sccc2[nH]1)N1CCCC1. The van der Waals surface area contributed by atoms with Crippen LogP contribution in [0.25, 0.3) is 10.2 Å². The molecule has 3 nitrogen and oxygen atoms in total. The summed E-state index contributed by atoms with van der Waals surface area (Å²) in [7, 11) is 0. The van der Waals surface area contributed by atoms with Crippen molar-refractivity contribution >= 4 is 27.5 Å². The molecule has 0 saturated carbocycles. The summed E-state index contributed by atoms with van der Waals surface area (Å²) in [4.78, 5) is 17.1. The van der Waals surface area contributed by atoms with E-state index in [1.807, 2.05) is 22.4 Å². The zero-order valence-corrected chi connectivity index (χ0v) is 9.14. The molecule has 0 aliphatic carbocycles. The number of nitrogens with zero attached hydrogens (tertiary/aromatic N) is 1. The van der Waals surface area contributed by atoms with Crippen LogP contribution in [0.1, 0.15) is 23.3 Å². The summed E-state index contributed by atoms with van der Waals surface area (Å²) in [5, 5.41) is 2.03. The summed E-state index contributed by atoms with van der Waals surface area (Å²) in [5.74, 6) is 0.149. The molecule has 1 amide bonds. The Bertz CT molecular complexity index is 465. The van der Waals surface area contributed by atoms with Crippen molar-refractivity contribution in [3.05, 3.63) is 23.2 Å². The summed E-state index contributed by atoms with van der Waals surface area (Å²) in [6, 6.07) is 3.97. The summed E-state index contributed by atoms with van der Waals surface area (Å²) in [5.41, 5.74) is 1.81. The predicted octanol–water partition coefficient (Wildman–Crippen LogP) is 2.47. The molecular weight excluding hydrogens is 208 g/mol. The van der Waals surface area contributed by atoms with E-state index in [1.165, 1.54) is 0 Å². The van der Waals surface area contributed by atoms with Gasteiger partial charge in [-0.1, -0.05) is 0 Å². The van der Waals surface area contributed by atoms with Crippen LogP contribution in [0.15, 0.2) is 17.5 Å². The molecule has 0 spiro atoms. The quantitative estimate of drug-likeness (QED) is 0.787. The van der Waals surface area contributed by atoms with Crippen LogP contribution >= 0.6 is 11.3 Å². The molecule has 1 saturated heterocycles. The van der Waals surface area contributed by atoms with Gasteiger partial charge in [-0.05, 0) is 30.4 Å². The lowest BCUT2D eigenvalue weighted by Crippen LogP contribution is -2.27. The number of fused-ring (bicyclic) bond motifs is 1. The van der Waals surface area contributed by atoms with E-state index in [2.05, 4.69) is 4.98 Å². The van der Waals surface area contributed by atoms with Gasteiger partial charge in [-0.25, -0.2) is 0 Å². The van der Waals surface area contributed by atoms with Crippen molar-refractivity contribution in [2.75, 3.05) is 13.1 Å². The van der Waals surface area contributed by atoms with Gasteiger partial charge in [0.1, 0.15) is 5.69 Å². The maximum Gasteiger partial charge on any atom is 0.270 e. The van der Waals surface area contributed by atoms with Gasteiger partial charge in [0.25, 0.3) is 5.91 Å². The highest BCUT2D eigenvalue weighted by Crippen LogP contribution is 2.22. The van der Waals surface area contributed by atoms with Crippen LogP contribution in [-0.2, 0) is 0 Å². The third-order valence-electron chi connectivity index (χ3n) is 2.86. The van der Waals surface area contributed by atoms with E-state index in [-0.39, 0.29) is 5.91 Å². The topological polar surface area (TPSA) is 36.1 Å². The number of thiophene rings is 1. The second-order valence-corrected chi connectivity index (χ2v) is 4.83. The number of carbonyl (C=O) groups is 1. The fraction of sp³-hybridized carbons (Fsp3) is 0.364. The Morgan fingerprint density at radius 2 is 2.20 bits per heavy atom. The fourth-order valence-corrected chi connectivity index (χ4v) is 2.84. The number of likely N-dealkylation sites (tertiary alicyclic amines) is 1. The molecule has 4 heteroatoms. The van der Waals surface area contributed by atoms with Gasteiger partial charge < -0.3 is 9.88 Å². The lowest BCUT2D eigenvalue weighted by Gasteiger charge is -2.13. The number of rotatable bonds is 1. The normalized spacial score (nSPS) is 16.4. The van der Waals surface area contributed by atoms with E-state index in [4.69, 9.17) is 0 Å². The minimum Gasteiger partial charge on any atom is -0.350 e. The number of nitrogens with one attached hydrogen (secondary N) is 1. The number of aromatic amines is 1. The molecule has 1 N–H and O–H groups in total. The molecule has 2 aromatic rings. The Kier molecular flexibility index (Phi) is 2.02. The number of aromatic nitrogens is 1. The van der Waals surface area contributed by atoms with Gasteiger partial charge in [-0.15, -0.1) is 11.3 Å². The lowest BCUT2D eigenvalue weighted by molar-refractivity contribution is 0.0788. The number of hydrogen-bond donors (Lipinski definition) is 1. The second-order valence-electron chi connectivity index (χ2n) is 3.88. The van der Waals surface area contributed by atoms with Gasteiger partial charge in [0.2, 0.25) is 0 Å². The molecule has 1 fully saturated rings. The van der Waals surface area contributed by atoms with E-state index in [0.717, 1.165) is 41.8 Å². The molecule has 0 unspecified atom stereocenters. The van der Waals surface area contributed by atoms with Crippen LogP contribution in [-0.4, -0.2) is 28.9 Å². The smallest absolute Gasteiger partial charge is 0.270 e. The molecule has 3 heterocycles. The molecule has 15 heavy (non-hydrogen) atoms. The summed E-state index contributed by atoms with van der Waals surface area (Å²) in [6.07, 6.45) is 2.28. The summed E-state index contributed by atoms with van der Waals surface area (Å²) in [6.45, 7) is 1.82. The van der Waals surface area contributed by atoms with Crippen LogP contribution in [0.3, 0.4) is 0 Å². The number of carbonyl (C=O) groups excluding carboxylic acids is 1. The first-order valence-electron chi connectivity index (χ1n) is 5.20. The maximum atomic E-state index is 12.0. The first-order valence-corrected chi connectivity index (χ1v) is 6.08. The monoisotopic (exact) mass is 220 g/mol. The van der Waals surface area contributed by atoms with Gasteiger partial charge in [0.05, 0.1) is 10.2 Å². The molecule has 0 bridgehead atoms. The Morgan fingerprint density at radius 3 is 2.93 bits per heavy atom. The van der Waals surface area contributed by atoms with Gasteiger partial charge in [0, 0.05) is 13.1 Å². The van der Waals surface area contributed by atoms with Crippen LogP contribution in [0.4, 0.5) is 0 Å². The first kappa shape index (κ1) is 8.97. The number of H-pyrrole nitrogens is 1. The molecule has 2 aromatic heterocycles. The zero-order chi connectivity index (χ0) is 10.3. The van der Waals surface area contributed by atoms with Crippen LogP contribution in [0, 0.1) is 0 Å². The average Bonchev–Trinajstić information content (AvgIpc) is 2.92. The van der Waals surface area contributed by atoms with Crippen molar-refractivity contribution in [3.63, 3.8) is 0 Å². The van der Waals surface area contributed by atoms with Crippen molar-refractivity contribution in [1.82, 2.24) is 9.88 Å². The van der Waals surface area contributed by atoms with E-state index in [0.29, 0.717) is 0 Å². The van der Waals surface area contributed by atoms with Crippen LogP contribution in [0.2, 0.25) is 0 Å². The fourth-order valence-electron chi connectivity index (χ4n) is 2.05. The third kappa shape index (κ3) is 1.45. The van der Waals surface area contributed by atoms with Gasteiger partial charge in [-0.2, -0.15) is 0 Å². The van der Waals surface area contributed by atoms with Gasteiger partial charge >= 0.3 is 0 Å². The third-order valence-corrected chi connectivity index (χ3v) is 3.73. The molecule has 0 aromatic carbocycles. The first-order chi connectivity index (χ1) is 7.34. The molecule has 78 valence electrons. The van der Waals surface area contributed by atoms with Crippen molar-refractivity contribution in [2.24, 2.45) is 0 Å². The zero-order valence-electron chi connectivity index (χ0n) is 8.32. The largest absolute Gasteiger partial charge is 0.350 e. The Balaban J connectivity index is 1.92. The molecule has 3 rings (SSSR count). The van der Waals surface area contributed by atoms with Gasteiger partial charge in [0.15, 0.2) is 0 Å². The van der Waals surface area contributed by atoms with E-state index in [9.17, 15) is 4.79 Å². The number of hydrogen-bond acceptors (Lipinski definition) is 2. The Labute approximate surface area is 91.7 Å². The minimum atomic E-state index is 0.149. The average molecular weight is 220 g/mol. The highest BCUT2D eigenvalue weighted by atomic mass is 32.1. The van der Waals surface area contributed by atoms with Crippen LogP contribution < -0.4 is 0 Å². The highest BCUT2D eigenvalue weighted by molar-refractivity contribution is 7.17. The van der Waals surface area contributed by atoms with Crippen molar-refractivity contribution in [3.8, 4) is 0 Å². The second kappa shape index (κ2) is 3.38. The minimum absolute atomic E-state index is 0.149. The van der Waals surface area contributed by atoms with E-state index < -0.39 is 0 Å². The standard InChI is InChI=1S/C11H12N2OS/c14-11(13-4-1-2-5-13)9-7-10-8(12-9)3-6-15-10/h3,6-7,12H,1-2,4-5H2. The number of amides is 1. The molecule has 1 aliphatic heterocycles. The maximum absolute atomic E-state index is 12.0. The lowest BCUT2D eigenvalue weighted by atomic mass is 10.4. The Morgan fingerprint density at radius 1 is 1.40 bits per heavy atom. The summed E-state index contributed by atoms with van der Waals surface area (Å²) < 4.78 is 1.16. The molecule has 0 radical (unpaired) electrons. The van der Waals surface area contributed by atoms with Crippen molar-refractivity contribution < 1.29 is 4.79 Å². The summed E-state index contributed by atoms with van der Waals surface area (Å²) >= 11 is 1.67. The van der Waals surface area contributed by atoms with E-state index >= 15 is 0 Å².